The van der Waals surface area contributed by atoms with Crippen LogP contribution in [0, 0.1) is 0 Å². The second-order valence-corrected chi connectivity index (χ2v) is 11.3. The Morgan fingerprint density at radius 1 is 0.778 bits per heavy atom. The molecule has 6 rings (SSSR count). The number of amides is 2. The molecule has 3 aromatic carbocycles. The topological polar surface area (TPSA) is 119 Å². The van der Waals surface area contributed by atoms with Gasteiger partial charge in [0.25, 0.3) is 11.5 Å². The van der Waals surface area contributed by atoms with Crippen molar-refractivity contribution in [3.05, 3.63) is 141 Å². The molecule has 1 aliphatic heterocycles. The summed E-state index contributed by atoms with van der Waals surface area (Å²) in [6, 6.07) is 27.6. The number of hydrogen-bond acceptors (Lipinski definition) is 6. The highest BCUT2D eigenvalue weighted by Gasteiger charge is 2.21. The van der Waals surface area contributed by atoms with Gasteiger partial charge in [-0.05, 0) is 60.4 Å². The summed E-state index contributed by atoms with van der Waals surface area (Å²) in [5.74, 6) is 0.0572. The Kier molecular flexibility index (Phi) is 9.02. The van der Waals surface area contributed by atoms with Crippen LogP contribution in [0.15, 0.2) is 111 Å². The summed E-state index contributed by atoms with van der Waals surface area (Å²) in [7, 11) is 0. The second kappa shape index (κ2) is 13.6. The smallest absolute Gasteiger partial charge is 0.332 e. The maximum absolute atomic E-state index is 13.6. The number of furan rings is 1. The Balaban J connectivity index is 1.11. The minimum atomic E-state index is -0.590. The second-order valence-electron chi connectivity index (χ2n) is 11.3. The number of para-hydroxylation sites is 1. The Hall–Kier alpha value is -5.22. The van der Waals surface area contributed by atoms with Crippen LogP contribution in [-0.2, 0) is 31.0 Å². The number of hydrogen-bond donors (Lipinski definition) is 2. The van der Waals surface area contributed by atoms with Gasteiger partial charge in [0.2, 0.25) is 5.91 Å². The highest BCUT2D eigenvalue weighted by molar-refractivity contribution is 5.94. The molecule has 0 spiro atoms. The lowest BCUT2D eigenvalue weighted by molar-refractivity contribution is -0.121. The third kappa shape index (κ3) is 7.13. The third-order valence-electron chi connectivity index (χ3n) is 8.20. The van der Waals surface area contributed by atoms with Gasteiger partial charge in [-0.15, -0.1) is 0 Å². The number of piperidine rings is 1. The van der Waals surface area contributed by atoms with Crippen molar-refractivity contribution in [3.63, 3.8) is 0 Å². The van der Waals surface area contributed by atoms with Crippen molar-refractivity contribution in [3.8, 4) is 0 Å². The molecular formula is C35H35N5O5. The first-order valence-electron chi connectivity index (χ1n) is 15.1. The molecule has 3 heterocycles. The molecular weight excluding hydrogens is 570 g/mol. The zero-order chi connectivity index (χ0) is 31.2. The number of nitrogens with one attached hydrogen (secondary N) is 2. The van der Waals surface area contributed by atoms with E-state index in [0.29, 0.717) is 27.8 Å². The fourth-order valence-electron chi connectivity index (χ4n) is 5.75. The Morgan fingerprint density at radius 2 is 1.49 bits per heavy atom. The van der Waals surface area contributed by atoms with Crippen LogP contribution in [0.1, 0.15) is 40.1 Å². The first-order valence-corrected chi connectivity index (χ1v) is 15.1. The van der Waals surface area contributed by atoms with Crippen molar-refractivity contribution < 1.29 is 14.0 Å². The highest BCUT2D eigenvalue weighted by Crippen LogP contribution is 2.15. The van der Waals surface area contributed by atoms with Gasteiger partial charge < -0.3 is 15.1 Å². The fraction of sp³-hybridized carbons (Fsp3) is 0.257. The molecule has 2 N–H and O–H groups in total. The van der Waals surface area contributed by atoms with Crippen LogP contribution in [0.4, 0.5) is 0 Å². The molecule has 0 bridgehead atoms. The van der Waals surface area contributed by atoms with E-state index < -0.39 is 11.2 Å². The fourth-order valence-corrected chi connectivity index (χ4v) is 5.75. The lowest BCUT2D eigenvalue weighted by Gasteiger charge is -2.32. The molecule has 5 aromatic rings. The van der Waals surface area contributed by atoms with E-state index in [-0.39, 0.29) is 37.5 Å². The van der Waals surface area contributed by atoms with Crippen molar-refractivity contribution in [2.24, 2.45) is 0 Å². The van der Waals surface area contributed by atoms with E-state index in [2.05, 4.69) is 39.8 Å². The average molecular weight is 606 g/mol. The van der Waals surface area contributed by atoms with Crippen LogP contribution in [0.5, 0.6) is 0 Å². The van der Waals surface area contributed by atoms with Gasteiger partial charge >= 0.3 is 5.69 Å². The molecule has 1 saturated heterocycles. The number of likely N-dealkylation sites (tertiary alicyclic amines) is 1. The van der Waals surface area contributed by atoms with Gasteiger partial charge in [-0.25, -0.2) is 4.79 Å². The van der Waals surface area contributed by atoms with Gasteiger partial charge in [0, 0.05) is 31.2 Å². The van der Waals surface area contributed by atoms with Gasteiger partial charge in [0.05, 0.1) is 30.3 Å². The average Bonchev–Trinajstić information content (AvgIpc) is 3.60. The summed E-state index contributed by atoms with van der Waals surface area (Å²) < 4.78 is 7.69. The number of carbonyl (C=O) groups excluding carboxylic acids is 2. The SMILES string of the molecule is O=C(Cn1c(=O)n(Cc2ccc(C(=O)NC3CCN(Cc4ccccc4)CC3)cc2)c(=O)c2ccccc21)NCc1ccco1. The number of rotatable bonds is 10. The molecule has 0 unspecified atom stereocenters. The normalized spacial score (nSPS) is 14.0. The number of carbonyl (C=O) groups is 2. The van der Waals surface area contributed by atoms with E-state index >= 15 is 0 Å². The molecule has 0 aliphatic carbocycles. The predicted octanol–water partition coefficient (Wildman–Crippen LogP) is 3.52. The molecule has 0 saturated carbocycles. The van der Waals surface area contributed by atoms with E-state index in [1.165, 1.54) is 16.4 Å². The van der Waals surface area contributed by atoms with Crippen LogP contribution < -0.4 is 21.9 Å². The van der Waals surface area contributed by atoms with Crippen LogP contribution in [-0.4, -0.2) is 45.0 Å². The summed E-state index contributed by atoms with van der Waals surface area (Å²) in [6.07, 6.45) is 3.29. The van der Waals surface area contributed by atoms with Gasteiger partial charge in [-0.1, -0.05) is 54.6 Å². The van der Waals surface area contributed by atoms with Crippen molar-refractivity contribution in [2.75, 3.05) is 13.1 Å². The molecule has 10 heteroatoms. The van der Waals surface area contributed by atoms with Crippen molar-refractivity contribution in [1.29, 1.82) is 0 Å². The largest absolute Gasteiger partial charge is 0.467 e. The lowest BCUT2D eigenvalue weighted by atomic mass is 10.0. The van der Waals surface area contributed by atoms with Crippen LogP contribution in [0.25, 0.3) is 10.9 Å². The van der Waals surface area contributed by atoms with Gasteiger partial charge in [0.1, 0.15) is 12.3 Å². The van der Waals surface area contributed by atoms with E-state index in [4.69, 9.17) is 4.42 Å². The summed E-state index contributed by atoms with van der Waals surface area (Å²) in [6.45, 7) is 2.67. The van der Waals surface area contributed by atoms with Gasteiger partial charge in [0.15, 0.2) is 0 Å². The molecule has 10 nitrogen and oxygen atoms in total. The molecule has 45 heavy (non-hydrogen) atoms. The number of benzene rings is 3. The first-order chi connectivity index (χ1) is 21.9. The van der Waals surface area contributed by atoms with Crippen molar-refractivity contribution in [2.45, 2.75) is 45.1 Å². The standard InChI is InChI=1S/C35H35N5O5/c41-32(36-21-29-9-6-20-45-29)24-39-31-11-5-4-10-30(31)34(43)40(35(39)44)23-26-12-14-27(15-13-26)33(42)37-28-16-18-38(19-17-28)22-25-7-2-1-3-8-25/h1-15,20,28H,16-19,21-24H2,(H,36,41)(H,37,42). The molecule has 1 aliphatic rings. The van der Waals surface area contributed by atoms with E-state index in [1.54, 1.807) is 60.7 Å². The lowest BCUT2D eigenvalue weighted by Crippen LogP contribution is -2.44. The molecule has 2 aromatic heterocycles. The molecule has 1 fully saturated rings. The number of nitrogens with zero attached hydrogens (tertiary/aromatic N) is 3. The van der Waals surface area contributed by atoms with Crippen LogP contribution in [0.3, 0.4) is 0 Å². The summed E-state index contributed by atoms with van der Waals surface area (Å²) >= 11 is 0. The van der Waals surface area contributed by atoms with Gasteiger partial charge in [-0.2, -0.15) is 0 Å². The maximum atomic E-state index is 13.6. The Morgan fingerprint density at radius 3 is 2.22 bits per heavy atom. The number of aromatic nitrogens is 2. The summed E-state index contributed by atoms with van der Waals surface area (Å²) in [5, 5.41) is 6.24. The van der Waals surface area contributed by atoms with Crippen LogP contribution >= 0.6 is 0 Å². The number of fused-ring (bicyclic) bond motifs is 1. The zero-order valence-corrected chi connectivity index (χ0v) is 24.9. The molecule has 230 valence electrons. The monoisotopic (exact) mass is 605 g/mol. The van der Waals surface area contributed by atoms with E-state index in [9.17, 15) is 19.2 Å². The Labute approximate surface area is 259 Å². The maximum Gasteiger partial charge on any atom is 0.332 e. The third-order valence-corrected chi connectivity index (χ3v) is 8.20. The minimum absolute atomic E-state index is 0.00170. The zero-order valence-electron chi connectivity index (χ0n) is 24.9. The highest BCUT2D eigenvalue weighted by atomic mass is 16.3. The first kappa shape index (κ1) is 29.8. The van der Waals surface area contributed by atoms with Gasteiger partial charge in [-0.3, -0.25) is 28.4 Å². The van der Waals surface area contributed by atoms with E-state index in [0.717, 1.165) is 37.0 Å². The van der Waals surface area contributed by atoms with E-state index in [1.807, 2.05) is 6.07 Å². The van der Waals surface area contributed by atoms with Crippen LogP contribution in [0.2, 0.25) is 0 Å². The molecule has 0 atom stereocenters. The summed E-state index contributed by atoms with van der Waals surface area (Å²) in [4.78, 5) is 55.1. The molecule has 2 amide bonds. The Bertz CT molecular complexity index is 1890. The summed E-state index contributed by atoms with van der Waals surface area (Å²) in [5.41, 5.74) is 1.84. The molecule has 0 radical (unpaired) electrons. The quantitative estimate of drug-likeness (QED) is 0.252. The predicted molar refractivity (Wildman–Crippen MR) is 171 cm³/mol. The van der Waals surface area contributed by atoms with Crippen molar-refractivity contribution >= 4 is 22.7 Å². The minimum Gasteiger partial charge on any atom is -0.467 e. The van der Waals surface area contributed by atoms with Crippen molar-refractivity contribution in [1.82, 2.24) is 24.7 Å².